The summed E-state index contributed by atoms with van der Waals surface area (Å²) < 4.78 is 0. The molecule has 2 aromatic rings. The van der Waals surface area contributed by atoms with Gasteiger partial charge in [0.25, 0.3) is 0 Å². The molecule has 1 heterocycles. The van der Waals surface area contributed by atoms with Crippen LogP contribution in [0.4, 0.5) is 0 Å². The highest BCUT2D eigenvalue weighted by Gasteiger charge is 2.02. The topological polar surface area (TPSA) is 71.5 Å². The van der Waals surface area contributed by atoms with Crippen molar-refractivity contribution in [2.75, 3.05) is 0 Å². The number of hydrogen-bond donors (Lipinski definition) is 2. The van der Waals surface area contributed by atoms with E-state index in [-0.39, 0.29) is 5.84 Å². The van der Waals surface area contributed by atoms with Crippen molar-refractivity contribution in [1.82, 2.24) is 4.98 Å². The van der Waals surface area contributed by atoms with Crippen LogP contribution in [0.15, 0.2) is 57.5 Å². The Kier molecular flexibility index (Phi) is 4.07. The molecule has 4 nitrogen and oxygen atoms in total. The van der Waals surface area contributed by atoms with E-state index in [1.54, 1.807) is 24.0 Å². The highest BCUT2D eigenvalue weighted by molar-refractivity contribution is 7.99. The fraction of sp³-hybridized carbons (Fsp3) is 0. The number of hydrogen-bond acceptors (Lipinski definition) is 4. The summed E-state index contributed by atoms with van der Waals surface area (Å²) in [7, 11) is 0. The smallest absolute Gasteiger partial charge is 0.188 e. The summed E-state index contributed by atoms with van der Waals surface area (Å²) in [6, 6.07) is 11.1. The second kappa shape index (κ2) is 5.75. The van der Waals surface area contributed by atoms with Crippen molar-refractivity contribution in [1.29, 1.82) is 0 Å². The summed E-state index contributed by atoms with van der Waals surface area (Å²) in [4.78, 5) is 6.13. The summed E-state index contributed by atoms with van der Waals surface area (Å²) in [5, 5.41) is 12.1. The van der Waals surface area contributed by atoms with Gasteiger partial charge in [-0.15, -0.1) is 0 Å². The first kappa shape index (κ1) is 12.7. The summed E-state index contributed by atoms with van der Waals surface area (Å²) in [6.45, 7) is 0. The molecule has 0 amide bonds. The molecule has 3 N–H and O–H groups in total. The third kappa shape index (κ3) is 3.15. The normalized spacial score (nSPS) is 11.5. The molecule has 0 spiro atoms. The van der Waals surface area contributed by atoms with Crippen LogP contribution >= 0.6 is 23.4 Å². The van der Waals surface area contributed by atoms with Gasteiger partial charge in [0.15, 0.2) is 5.84 Å². The van der Waals surface area contributed by atoms with Crippen LogP contribution in [0.5, 0.6) is 0 Å². The summed E-state index contributed by atoms with van der Waals surface area (Å²) in [6.07, 6.45) is 1.67. The maximum absolute atomic E-state index is 8.52. The van der Waals surface area contributed by atoms with Gasteiger partial charge in [-0.05, 0) is 36.4 Å². The Bertz CT molecular complexity index is 555. The molecule has 1 aromatic heterocycles. The number of pyridine rings is 1. The molecule has 0 aliphatic carbocycles. The number of aromatic nitrogens is 1. The van der Waals surface area contributed by atoms with Gasteiger partial charge >= 0.3 is 0 Å². The van der Waals surface area contributed by atoms with Crippen molar-refractivity contribution in [3.8, 4) is 0 Å². The molecule has 2 rings (SSSR count). The third-order valence-corrected chi connectivity index (χ3v) is 3.39. The van der Waals surface area contributed by atoms with Gasteiger partial charge in [-0.3, -0.25) is 4.98 Å². The Hall–Kier alpha value is -1.72. The summed E-state index contributed by atoms with van der Waals surface area (Å²) in [5.74, 6) is -0.00181. The van der Waals surface area contributed by atoms with Crippen LogP contribution < -0.4 is 5.73 Å². The van der Waals surface area contributed by atoms with E-state index in [0.717, 1.165) is 9.79 Å². The van der Waals surface area contributed by atoms with Crippen LogP contribution in [0.1, 0.15) is 5.69 Å². The van der Waals surface area contributed by atoms with Crippen molar-refractivity contribution in [2.24, 2.45) is 10.9 Å². The standard InChI is InChI=1S/C12H10ClN3OS/c13-8-1-3-9(4-2-8)18-10-5-6-11(15-7-10)12(14)16-17/h1-7,17H,(H2,14,16). The highest BCUT2D eigenvalue weighted by atomic mass is 35.5. The van der Waals surface area contributed by atoms with E-state index in [1.165, 1.54) is 0 Å². The molecule has 6 heteroatoms. The molecule has 0 atom stereocenters. The zero-order valence-electron chi connectivity index (χ0n) is 9.25. The van der Waals surface area contributed by atoms with Crippen molar-refractivity contribution in [2.45, 2.75) is 9.79 Å². The van der Waals surface area contributed by atoms with Gasteiger partial charge in [0.1, 0.15) is 5.69 Å². The number of nitrogens with two attached hydrogens (primary N) is 1. The number of halogens is 1. The Balaban J connectivity index is 2.13. The van der Waals surface area contributed by atoms with Crippen molar-refractivity contribution >= 4 is 29.2 Å². The van der Waals surface area contributed by atoms with E-state index in [1.807, 2.05) is 30.3 Å². The minimum Gasteiger partial charge on any atom is -0.409 e. The van der Waals surface area contributed by atoms with E-state index in [4.69, 9.17) is 22.5 Å². The molecule has 0 radical (unpaired) electrons. The molecule has 1 aromatic carbocycles. The minimum atomic E-state index is -0.00181. The third-order valence-electron chi connectivity index (χ3n) is 2.16. The van der Waals surface area contributed by atoms with Crippen LogP contribution in [-0.2, 0) is 0 Å². The number of oxime groups is 1. The monoisotopic (exact) mass is 279 g/mol. The number of benzene rings is 1. The van der Waals surface area contributed by atoms with Gasteiger partial charge in [0, 0.05) is 21.0 Å². The first-order chi connectivity index (χ1) is 8.69. The van der Waals surface area contributed by atoms with E-state index in [2.05, 4.69) is 10.1 Å². The quantitative estimate of drug-likeness (QED) is 0.392. The zero-order chi connectivity index (χ0) is 13.0. The number of amidine groups is 1. The second-order valence-corrected chi connectivity index (χ2v) is 5.00. The first-order valence-electron chi connectivity index (χ1n) is 5.06. The molecule has 0 aliphatic rings. The molecule has 0 fully saturated rings. The fourth-order valence-corrected chi connectivity index (χ4v) is 2.19. The van der Waals surface area contributed by atoms with Crippen LogP contribution in [-0.4, -0.2) is 16.0 Å². The SMILES string of the molecule is N/C(=N/O)c1ccc(Sc2ccc(Cl)cc2)cn1. The molecule has 92 valence electrons. The molecule has 0 bridgehead atoms. The lowest BCUT2D eigenvalue weighted by Gasteiger charge is -2.02. The van der Waals surface area contributed by atoms with Crippen LogP contribution in [0, 0.1) is 0 Å². The molecule has 18 heavy (non-hydrogen) atoms. The number of rotatable bonds is 3. The summed E-state index contributed by atoms with van der Waals surface area (Å²) >= 11 is 7.37. The highest BCUT2D eigenvalue weighted by Crippen LogP contribution is 2.27. The van der Waals surface area contributed by atoms with Crippen molar-refractivity contribution < 1.29 is 5.21 Å². The zero-order valence-corrected chi connectivity index (χ0v) is 10.8. The Morgan fingerprint density at radius 1 is 1.17 bits per heavy atom. The van der Waals surface area contributed by atoms with Crippen LogP contribution in [0.3, 0.4) is 0 Å². The molecule has 0 unspecified atom stereocenters. The first-order valence-corrected chi connectivity index (χ1v) is 6.26. The molecular formula is C12H10ClN3OS. The lowest BCUT2D eigenvalue weighted by atomic mass is 10.3. The summed E-state index contributed by atoms with van der Waals surface area (Å²) in [5.41, 5.74) is 5.87. The lowest BCUT2D eigenvalue weighted by molar-refractivity contribution is 0.318. The van der Waals surface area contributed by atoms with Crippen LogP contribution in [0.2, 0.25) is 5.02 Å². The van der Waals surface area contributed by atoms with E-state index in [0.29, 0.717) is 10.7 Å². The maximum Gasteiger partial charge on any atom is 0.188 e. The van der Waals surface area contributed by atoms with Gasteiger partial charge in [-0.2, -0.15) is 0 Å². The van der Waals surface area contributed by atoms with Gasteiger partial charge in [-0.25, -0.2) is 0 Å². The predicted octanol–water partition coefficient (Wildman–Crippen LogP) is 2.98. The minimum absolute atomic E-state index is 0.00181. The van der Waals surface area contributed by atoms with E-state index in [9.17, 15) is 0 Å². The van der Waals surface area contributed by atoms with Crippen LogP contribution in [0.25, 0.3) is 0 Å². The molecule has 0 saturated heterocycles. The van der Waals surface area contributed by atoms with Gasteiger partial charge < -0.3 is 10.9 Å². The molecular weight excluding hydrogens is 270 g/mol. The van der Waals surface area contributed by atoms with Gasteiger partial charge in [0.05, 0.1) is 0 Å². The van der Waals surface area contributed by atoms with Crippen molar-refractivity contribution in [3.63, 3.8) is 0 Å². The largest absolute Gasteiger partial charge is 0.409 e. The average molecular weight is 280 g/mol. The lowest BCUT2D eigenvalue weighted by Crippen LogP contribution is -2.14. The molecule has 0 saturated carbocycles. The second-order valence-electron chi connectivity index (χ2n) is 3.42. The maximum atomic E-state index is 8.52. The number of nitrogens with zero attached hydrogens (tertiary/aromatic N) is 2. The van der Waals surface area contributed by atoms with E-state index >= 15 is 0 Å². The Morgan fingerprint density at radius 2 is 1.83 bits per heavy atom. The fourth-order valence-electron chi connectivity index (χ4n) is 1.28. The predicted molar refractivity (Wildman–Crippen MR) is 72.3 cm³/mol. The Labute approximate surface area is 113 Å². The van der Waals surface area contributed by atoms with Gasteiger partial charge in [-0.1, -0.05) is 28.5 Å². The van der Waals surface area contributed by atoms with Crippen molar-refractivity contribution in [3.05, 3.63) is 53.3 Å². The van der Waals surface area contributed by atoms with E-state index < -0.39 is 0 Å². The molecule has 0 aliphatic heterocycles. The Morgan fingerprint density at radius 3 is 2.39 bits per heavy atom. The average Bonchev–Trinajstić information content (AvgIpc) is 2.41. The van der Waals surface area contributed by atoms with Gasteiger partial charge in [0.2, 0.25) is 0 Å².